The molecule has 2 unspecified atom stereocenters. The normalized spacial score (nSPS) is 20.0. The Morgan fingerprint density at radius 1 is 0.633 bits per heavy atom. The number of allylic oxidation sites excluding steroid dienone is 2. The van der Waals surface area contributed by atoms with E-state index in [2.05, 4.69) is 106 Å². The maximum atomic E-state index is 12.8. The van der Waals surface area contributed by atoms with Crippen molar-refractivity contribution in [2.45, 2.75) is 76.7 Å². The van der Waals surface area contributed by atoms with E-state index in [-0.39, 0.29) is 24.0 Å². The minimum atomic E-state index is -0.229. The average molecular weight is 847 g/mol. The molecule has 0 saturated carbocycles. The molecule has 2 amide bonds. The predicted molar refractivity (Wildman–Crippen MR) is 244 cm³/mol. The van der Waals surface area contributed by atoms with Gasteiger partial charge in [-0.05, 0) is 109 Å². The van der Waals surface area contributed by atoms with Crippen LogP contribution in [0, 0.1) is 0 Å². The summed E-state index contributed by atoms with van der Waals surface area (Å²) in [6.45, 7) is 5.00. The molecule has 2 aromatic carbocycles. The minimum absolute atomic E-state index is 0.00678. The van der Waals surface area contributed by atoms with Crippen LogP contribution in [0.1, 0.15) is 71.9 Å². The standard InChI is InChI=1S/C48H56N6O4S2/c55-43-15-23-53(31-43)41-11-7-35(8-12-41)27-37-3-1-5-39-29-51(21-17-45(37)39)33-47(57)49-19-25-59-60-26-20-50-48(58)34-52-22-18-46-38(4-2-6-40(46)30-52)28-36-9-13-42(14-10-36)54-24-16-44(56)32-54/h7-14,17-18,21-22,27-30,43-44,55-56H,1-6,15-16,19-20,23-26,31-34H2/p+2. The van der Waals surface area contributed by atoms with Gasteiger partial charge in [-0.15, -0.1) is 0 Å². The van der Waals surface area contributed by atoms with Crippen LogP contribution in [0.25, 0.3) is 23.3 Å². The van der Waals surface area contributed by atoms with Crippen molar-refractivity contribution in [1.29, 1.82) is 0 Å². The zero-order valence-corrected chi connectivity index (χ0v) is 36.1. The largest absolute Gasteiger partial charge is 0.391 e. The molecule has 2 aliphatic carbocycles. The van der Waals surface area contributed by atoms with Gasteiger partial charge in [0.15, 0.2) is 24.8 Å². The second-order valence-electron chi connectivity index (χ2n) is 16.5. The van der Waals surface area contributed by atoms with Gasteiger partial charge in [0.2, 0.25) is 13.1 Å². The van der Waals surface area contributed by atoms with E-state index in [1.54, 1.807) is 21.6 Å². The fourth-order valence-electron chi connectivity index (χ4n) is 8.85. The van der Waals surface area contributed by atoms with Crippen LogP contribution in [0.5, 0.6) is 0 Å². The Kier molecular flexibility index (Phi) is 14.2. The number of nitrogens with zero attached hydrogens (tertiary/aromatic N) is 4. The van der Waals surface area contributed by atoms with Crippen LogP contribution in [-0.4, -0.2) is 85.0 Å². The van der Waals surface area contributed by atoms with E-state index >= 15 is 0 Å². The summed E-state index contributed by atoms with van der Waals surface area (Å²) in [4.78, 5) is 30.0. The highest BCUT2D eigenvalue weighted by Crippen LogP contribution is 2.33. The highest BCUT2D eigenvalue weighted by Gasteiger charge is 2.23. The van der Waals surface area contributed by atoms with Crippen molar-refractivity contribution in [3.63, 3.8) is 0 Å². The van der Waals surface area contributed by atoms with Gasteiger partial charge in [0, 0.05) is 85.4 Å². The molecular weight excluding hydrogens is 789 g/mol. The van der Waals surface area contributed by atoms with Crippen molar-refractivity contribution < 1.29 is 28.9 Å². The van der Waals surface area contributed by atoms with Crippen molar-refractivity contribution in [2.75, 3.05) is 60.6 Å². The van der Waals surface area contributed by atoms with Gasteiger partial charge < -0.3 is 30.6 Å². The van der Waals surface area contributed by atoms with E-state index in [9.17, 15) is 19.8 Å². The lowest BCUT2D eigenvalue weighted by atomic mass is 9.87. The number of β-amino-alcohol motifs (C(OH)–C–C–N with tert-alkyl or cyclic N) is 2. The van der Waals surface area contributed by atoms with Gasteiger partial charge in [-0.25, -0.2) is 0 Å². The summed E-state index contributed by atoms with van der Waals surface area (Å²) in [5.41, 5.74) is 12.5. The van der Waals surface area contributed by atoms with Gasteiger partial charge in [-0.2, -0.15) is 9.13 Å². The number of amides is 2. The molecule has 2 saturated heterocycles. The van der Waals surface area contributed by atoms with E-state index in [0.29, 0.717) is 39.3 Å². The molecule has 4 aliphatic rings. The van der Waals surface area contributed by atoms with E-state index in [4.69, 9.17) is 0 Å². The fourth-order valence-corrected chi connectivity index (χ4v) is 10.7. The van der Waals surface area contributed by atoms with Crippen LogP contribution in [0.15, 0.2) is 85.5 Å². The Labute approximate surface area is 362 Å². The summed E-state index contributed by atoms with van der Waals surface area (Å²) in [6.07, 6.45) is 20.3. The predicted octanol–water partition coefficient (Wildman–Crippen LogP) is 5.47. The van der Waals surface area contributed by atoms with Crippen LogP contribution >= 0.6 is 21.6 Å². The van der Waals surface area contributed by atoms with Gasteiger partial charge >= 0.3 is 0 Å². The molecule has 314 valence electrons. The fraction of sp³-hybridized carbons (Fsp3) is 0.417. The maximum absolute atomic E-state index is 12.8. The maximum Gasteiger partial charge on any atom is 0.286 e. The van der Waals surface area contributed by atoms with E-state index < -0.39 is 0 Å². The zero-order chi connectivity index (χ0) is 41.3. The lowest BCUT2D eigenvalue weighted by Gasteiger charge is -2.19. The number of hydrogen-bond donors (Lipinski definition) is 4. The van der Waals surface area contributed by atoms with Crippen molar-refractivity contribution in [3.05, 3.63) is 119 Å². The number of anilines is 2. The summed E-state index contributed by atoms with van der Waals surface area (Å²) in [7, 11) is 3.42. The van der Waals surface area contributed by atoms with Crippen LogP contribution in [0.3, 0.4) is 0 Å². The molecule has 2 aromatic heterocycles. The first-order chi connectivity index (χ1) is 29.3. The average Bonchev–Trinajstić information content (AvgIpc) is 3.90. The number of fused-ring (bicyclic) bond motifs is 2. The molecule has 4 heterocycles. The first-order valence-electron chi connectivity index (χ1n) is 21.6. The molecule has 10 nitrogen and oxygen atoms in total. The number of aromatic nitrogens is 2. The third-order valence-corrected chi connectivity index (χ3v) is 14.4. The Balaban J connectivity index is 0.712. The summed E-state index contributed by atoms with van der Waals surface area (Å²) in [5.74, 6) is 1.61. The van der Waals surface area contributed by atoms with Crippen molar-refractivity contribution in [1.82, 2.24) is 10.6 Å². The number of aliphatic hydroxyl groups excluding tert-OH is 2. The number of aliphatic hydroxyl groups is 2. The van der Waals surface area contributed by atoms with Crippen molar-refractivity contribution >= 4 is 68.1 Å². The monoisotopic (exact) mass is 846 g/mol. The van der Waals surface area contributed by atoms with E-state index in [1.807, 2.05) is 21.5 Å². The van der Waals surface area contributed by atoms with Gasteiger partial charge in [-0.1, -0.05) is 58.0 Å². The quantitative estimate of drug-likeness (QED) is 0.0709. The van der Waals surface area contributed by atoms with Crippen LogP contribution in [0.2, 0.25) is 0 Å². The molecule has 60 heavy (non-hydrogen) atoms. The first-order valence-corrected chi connectivity index (χ1v) is 24.1. The SMILES string of the molecule is O=C(C[n+]1ccc2c(c1)CCCC2=Cc1ccc(N2CCC(O)C2)cc1)NCCSSCCNC(=O)C[n+]1ccc2c(c1)CCCC2=Cc1ccc(N2CCC(O)C2)cc1. The highest BCUT2D eigenvalue weighted by atomic mass is 33.1. The third-order valence-electron chi connectivity index (χ3n) is 12.0. The van der Waals surface area contributed by atoms with Crippen LogP contribution in [-0.2, 0) is 35.5 Å². The Hall–Kier alpha value is -4.62. The number of aryl methyl sites for hydroxylation is 2. The van der Waals surface area contributed by atoms with E-state index in [0.717, 1.165) is 87.3 Å². The molecule has 0 radical (unpaired) electrons. The molecule has 8 rings (SSSR count). The minimum Gasteiger partial charge on any atom is -0.391 e. The lowest BCUT2D eigenvalue weighted by molar-refractivity contribution is -0.685. The van der Waals surface area contributed by atoms with Crippen molar-refractivity contribution in [3.8, 4) is 0 Å². The molecule has 12 heteroatoms. The smallest absolute Gasteiger partial charge is 0.286 e. The highest BCUT2D eigenvalue weighted by molar-refractivity contribution is 8.76. The van der Waals surface area contributed by atoms with Gasteiger partial charge in [0.1, 0.15) is 0 Å². The van der Waals surface area contributed by atoms with Gasteiger partial charge in [0.25, 0.3) is 11.8 Å². The summed E-state index contributed by atoms with van der Waals surface area (Å²) in [6, 6.07) is 21.6. The second kappa shape index (κ2) is 20.3. The van der Waals surface area contributed by atoms with Crippen LogP contribution < -0.4 is 29.6 Å². The lowest BCUT2D eigenvalue weighted by Crippen LogP contribution is -2.43. The molecule has 0 spiro atoms. The van der Waals surface area contributed by atoms with Crippen LogP contribution in [0.4, 0.5) is 11.4 Å². The molecule has 4 aromatic rings. The third kappa shape index (κ3) is 11.2. The number of hydrogen-bond acceptors (Lipinski definition) is 8. The molecule has 4 N–H and O–H groups in total. The number of carbonyl (C=O) groups excluding carboxylic acids is 2. The molecular formula is C48H58N6O4S2+2. The number of carbonyl (C=O) groups is 2. The molecule has 2 aliphatic heterocycles. The molecule has 2 atom stereocenters. The number of pyridine rings is 2. The first kappa shape index (κ1) is 42.1. The Bertz CT molecular complexity index is 2040. The molecule has 2 fully saturated rings. The molecule has 0 bridgehead atoms. The van der Waals surface area contributed by atoms with Gasteiger partial charge in [0.05, 0.1) is 12.2 Å². The number of rotatable bonds is 15. The summed E-state index contributed by atoms with van der Waals surface area (Å²) < 4.78 is 3.98. The number of nitrogens with one attached hydrogen (secondary N) is 2. The topological polar surface area (TPSA) is 113 Å². The summed E-state index contributed by atoms with van der Waals surface area (Å²) in [5, 5.41) is 25.9. The zero-order valence-electron chi connectivity index (χ0n) is 34.4. The van der Waals surface area contributed by atoms with Crippen molar-refractivity contribution in [2.24, 2.45) is 0 Å². The Morgan fingerprint density at radius 2 is 1.07 bits per heavy atom. The summed E-state index contributed by atoms with van der Waals surface area (Å²) >= 11 is 0. The van der Waals surface area contributed by atoms with Gasteiger partial charge in [-0.3, -0.25) is 9.59 Å². The Morgan fingerprint density at radius 3 is 1.47 bits per heavy atom. The van der Waals surface area contributed by atoms with E-state index in [1.165, 1.54) is 44.5 Å². The number of benzene rings is 2. The second-order valence-corrected chi connectivity index (χ2v) is 19.2.